The minimum absolute atomic E-state index is 0.0251. The van der Waals surface area contributed by atoms with E-state index in [0.29, 0.717) is 70.6 Å². The maximum atomic E-state index is 14.8. The van der Waals surface area contributed by atoms with Crippen LogP contribution in [0.25, 0.3) is 0 Å². The normalized spacial score (nSPS) is 24.1. The Labute approximate surface area is 192 Å². The van der Waals surface area contributed by atoms with Crippen molar-refractivity contribution in [3.05, 3.63) is 65.7 Å². The summed E-state index contributed by atoms with van der Waals surface area (Å²) in [5.74, 6) is -0.507. The van der Waals surface area contributed by atoms with Gasteiger partial charge in [-0.25, -0.2) is 8.78 Å². The number of likely N-dealkylation sites (tertiary alicyclic amines) is 1. The van der Waals surface area contributed by atoms with Gasteiger partial charge < -0.3 is 19.1 Å². The maximum Gasteiger partial charge on any atom is 0.233 e. The van der Waals surface area contributed by atoms with Crippen molar-refractivity contribution in [3.8, 4) is 5.75 Å². The number of carbonyl (C=O) groups excluding carboxylic acids is 1. The van der Waals surface area contributed by atoms with Crippen molar-refractivity contribution in [1.82, 2.24) is 4.90 Å². The molecule has 0 radical (unpaired) electrons. The Morgan fingerprint density at radius 1 is 0.939 bits per heavy atom. The highest BCUT2D eigenvalue weighted by atomic mass is 19.1. The van der Waals surface area contributed by atoms with Crippen molar-refractivity contribution in [2.75, 3.05) is 32.9 Å². The van der Waals surface area contributed by atoms with Crippen molar-refractivity contribution < 1.29 is 27.8 Å². The summed E-state index contributed by atoms with van der Waals surface area (Å²) in [4.78, 5) is 15.6. The molecule has 5 rings (SSSR count). The molecule has 0 N–H and O–H groups in total. The second-order valence-electron chi connectivity index (χ2n) is 9.33. The molecule has 2 aromatic rings. The van der Waals surface area contributed by atoms with Crippen LogP contribution >= 0.6 is 0 Å². The number of halogens is 2. The maximum absolute atomic E-state index is 14.8. The number of carbonyl (C=O) groups is 1. The van der Waals surface area contributed by atoms with Crippen LogP contribution < -0.4 is 4.74 Å². The van der Waals surface area contributed by atoms with E-state index in [2.05, 4.69) is 0 Å². The standard InChI is InChI=1S/C26H29F2NO4/c27-21-6-2-1-5-20(21)26(11-15-31-16-12-26)24(30)29-13-9-25(10-14-29)17-19(18-32-25)33-23-8-4-3-7-22(23)28/h1-8,19H,9-18H2/t19-/m1/s1. The summed E-state index contributed by atoms with van der Waals surface area (Å²) in [6.07, 6.45) is 2.76. The molecule has 7 heteroatoms. The van der Waals surface area contributed by atoms with Crippen LogP contribution in [0.15, 0.2) is 48.5 Å². The van der Waals surface area contributed by atoms with Crippen LogP contribution in [0.5, 0.6) is 5.75 Å². The monoisotopic (exact) mass is 457 g/mol. The summed E-state index contributed by atoms with van der Waals surface area (Å²) < 4.78 is 46.2. The zero-order valence-electron chi connectivity index (χ0n) is 18.6. The molecule has 33 heavy (non-hydrogen) atoms. The first-order valence-corrected chi connectivity index (χ1v) is 11.7. The molecule has 2 aromatic carbocycles. The van der Waals surface area contributed by atoms with Crippen molar-refractivity contribution >= 4 is 5.91 Å². The first-order valence-electron chi connectivity index (χ1n) is 11.7. The Morgan fingerprint density at radius 3 is 2.30 bits per heavy atom. The number of amides is 1. The van der Waals surface area contributed by atoms with Gasteiger partial charge in [-0.3, -0.25) is 4.79 Å². The van der Waals surface area contributed by atoms with Crippen molar-refractivity contribution in [1.29, 1.82) is 0 Å². The average molecular weight is 458 g/mol. The lowest BCUT2D eigenvalue weighted by molar-refractivity contribution is -0.146. The molecule has 3 fully saturated rings. The summed E-state index contributed by atoms with van der Waals surface area (Å²) in [5.41, 5.74) is -0.789. The fraction of sp³-hybridized carbons (Fsp3) is 0.500. The van der Waals surface area contributed by atoms with Crippen LogP contribution in [-0.2, 0) is 19.7 Å². The largest absolute Gasteiger partial charge is 0.485 e. The Morgan fingerprint density at radius 2 is 1.61 bits per heavy atom. The van der Waals surface area contributed by atoms with Gasteiger partial charge in [-0.05, 0) is 43.9 Å². The smallest absolute Gasteiger partial charge is 0.233 e. The molecule has 1 spiro atoms. The van der Waals surface area contributed by atoms with Crippen LogP contribution in [0, 0.1) is 11.6 Å². The highest BCUT2D eigenvalue weighted by molar-refractivity contribution is 5.88. The van der Waals surface area contributed by atoms with Gasteiger partial charge in [0.1, 0.15) is 11.9 Å². The highest BCUT2D eigenvalue weighted by Gasteiger charge is 2.49. The average Bonchev–Trinajstić information content (AvgIpc) is 3.23. The van der Waals surface area contributed by atoms with Gasteiger partial charge in [-0.15, -0.1) is 0 Å². The number of para-hydroxylation sites is 1. The van der Waals surface area contributed by atoms with Gasteiger partial charge in [0.25, 0.3) is 0 Å². The second kappa shape index (κ2) is 9.03. The Kier molecular flexibility index (Phi) is 6.10. The third-order valence-corrected chi connectivity index (χ3v) is 7.41. The topological polar surface area (TPSA) is 48.0 Å². The summed E-state index contributed by atoms with van der Waals surface area (Å²) in [6, 6.07) is 13.0. The van der Waals surface area contributed by atoms with E-state index in [0.717, 1.165) is 0 Å². The molecule has 1 amide bonds. The number of hydrogen-bond donors (Lipinski definition) is 0. The number of nitrogens with zero attached hydrogens (tertiary/aromatic N) is 1. The number of hydrogen-bond acceptors (Lipinski definition) is 4. The third kappa shape index (κ3) is 4.24. The summed E-state index contributed by atoms with van der Waals surface area (Å²) in [5, 5.41) is 0. The number of piperidine rings is 1. The van der Waals surface area contributed by atoms with E-state index < -0.39 is 5.41 Å². The first-order chi connectivity index (χ1) is 16.0. The lowest BCUT2D eigenvalue weighted by atomic mass is 9.72. The third-order valence-electron chi connectivity index (χ3n) is 7.41. The number of benzene rings is 2. The fourth-order valence-electron chi connectivity index (χ4n) is 5.53. The quantitative estimate of drug-likeness (QED) is 0.689. The van der Waals surface area contributed by atoms with Crippen molar-refractivity contribution in [2.45, 2.75) is 49.2 Å². The fourth-order valence-corrected chi connectivity index (χ4v) is 5.53. The van der Waals surface area contributed by atoms with E-state index in [4.69, 9.17) is 14.2 Å². The molecule has 5 nitrogen and oxygen atoms in total. The van der Waals surface area contributed by atoms with Gasteiger partial charge in [0, 0.05) is 38.3 Å². The molecule has 0 unspecified atom stereocenters. The van der Waals surface area contributed by atoms with E-state index in [1.54, 1.807) is 36.4 Å². The van der Waals surface area contributed by atoms with Crippen LogP contribution in [0.4, 0.5) is 8.78 Å². The number of ether oxygens (including phenoxy) is 3. The summed E-state index contributed by atoms with van der Waals surface area (Å²) >= 11 is 0. The zero-order valence-corrected chi connectivity index (χ0v) is 18.6. The van der Waals surface area contributed by atoms with Crippen LogP contribution in [0.1, 0.15) is 37.7 Å². The Bertz CT molecular complexity index is 999. The molecular formula is C26H29F2NO4. The van der Waals surface area contributed by atoms with Gasteiger partial charge in [0.15, 0.2) is 11.6 Å². The SMILES string of the molecule is O=C(N1CCC2(CC1)C[C@@H](Oc1ccccc1F)CO2)C1(c2ccccc2F)CCOCC1. The Hall–Kier alpha value is -2.51. The van der Waals surface area contributed by atoms with E-state index >= 15 is 0 Å². The summed E-state index contributed by atoms with van der Waals surface area (Å²) in [7, 11) is 0. The van der Waals surface area contributed by atoms with Crippen LogP contribution in [0.2, 0.25) is 0 Å². The van der Waals surface area contributed by atoms with Gasteiger partial charge in [-0.1, -0.05) is 30.3 Å². The molecule has 0 saturated carbocycles. The molecule has 0 aromatic heterocycles. The molecular weight excluding hydrogens is 428 g/mol. The van der Waals surface area contributed by atoms with Crippen molar-refractivity contribution in [3.63, 3.8) is 0 Å². The molecule has 176 valence electrons. The van der Waals surface area contributed by atoms with E-state index in [9.17, 15) is 13.6 Å². The lowest BCUT2D eigenvalue weighted by Crippen LogP contribution is -2.54. The van der Waals surface area contributed by atoms with E-state index in [1.165, 1.54) is 12.1 Å². The predicted octanol–water partition coefficient (Wildman–Crippen LogP) is 4.24. The van der Waals surface area contributed by atoms with Crippen LogP contribution in [0.3, 0.4) is 0 Å². The van der Waals surface area contributed by atoms with Gasteiger partial charge in [0.05, 0.1) is 17.6 Å². The van der Waals surface area contributed by atoms with Crippen molar-refractivity contribution in [2.24, 2.45) is 0 Å². The minimum Gasteiger partial charge on any atom is -0.485 e. The molecule has 3 aliphatic heterocycles. The lowest BCUT2D eigenvalue weighted by Gasteiger charge is -2.44. The number of rotatable bonds is 4. The molecule has 0 bridgehead atoms. The van der Waals surface area contributed by atoms with Gasteiger partial charge in [-0.2, -0.15) is 0 Å². The van der Waals surface area contributed by atoms with Gasteiger partial charge in [0.2, 0.25) is 5.91 Å². The molecule has 0 aliphatic carbocycles. The van der Waals surface area contributed by atoms with E-state index in [-0.39, 0.29) is 35.0 Å². The van der Waals surface area contributed by atoms with Crippen LogP contribution in [-0.4, -0.2) is 55.4 Å². The molecule has 3 saturated heterocycles. The Balaban J connectivity index is 1.26. The van der Waals surface area contributed by atoms with Gasteiger partial charge >= 0.3 is 0 Å². The minimum atomic E-state index is -0.888. The first kappa shape index (κ1) is 22.3. The molecule has 3 aliphatic rings. The van der Waals surface area contributed by atoms with E-state index in [1.807, 2.05) is 4.90 Å². The second-order valence-corrected chi connectivity index (χ2v) is 9.33. The summed E-state index contributed by atoms with van der Waals surface area (Å²) in [6.45, 7) is 2.37. The highest BCUT2D eigenvalue weighted by Crippen LogP contribution is 2.42. The predicted molar refractivity (Wildman–Crippen MR) is 118 cm³/mol. The zero-order chi connectivity index (χ0) is 22.9. The molecule has 1 atom stereocenters. The molecule has 3 heterocycles.